The highest BCUT2D eigenvalue weighted by Crippen LogP contribution is 2.35. The summed E-state index contributed by atoms with van der Waals surface area (Å²) in [7, 11) is 0. The number of rotatable bonds is 5. The Morgan fingerprint density at radius 3 is 1.95 bits per heavy atom. The van der Waals surface area contributed by atoms with Crippen LogP contribution in [0.3, 0.4) is 0 Å². The van der Waals surface area contributed by atoms with Crippen LogP contribution in [0.1, 0.15) is 16.4 Å². The Kier molecular flexibility index (Phi) is 5.28. The third kappa shape index (κ3) is 4.01. The number of hydrogen-bond acceptors (Lipinski definition) is 2. The zero-order valence-electron chi connectivity index (χ0n) is 10.6. The first-order valence-corrected chi connectivity index (χ1v) is 7.23. The fraction of sp³-hybridized carbons (Fsp3) is 0.118. The molecule has 0 aromatic heterocycles. The predicted octanol–water partition coefficient (Wildman–Crippen LogP) is 4.59. The third-order valence-corrected chi connectivity index (χ3v) is 4.02. The van der Waals surface area contributed by atoms with E-state index in [1.807, 2.05) is 36.0 Å². The molecule has 0 fully saturated rings. The average Bonchev–Trinajstić information content (AvgIpc) is 2.49. The molecule has 1 nitrogen and oxygen atoms in total. The van der Waals surface area contributed by atoms with Gasteiger partial charge in [-0.3, -0.25) is 0 Å². The molecule has 0 unspecified atom stereocenters. The van der Waals surface area contributed by atoms with Crippen molar-refractivity contribution in [2.45, 2.75) is 5.25 Å². The highest BCUT2D eigenvalue weighted by Gasteiger charge is 2.12. The first-order chi connectivity index (χ1) is 9.42. The average molecular weight is 265 g/mol. The lowest BCUT2D eigenvalue weighted by Gasteiger charge is -2.16. The van der Waals surface area contributed by atoms with E-state index in [4.69, 9.17) is 5.26 Å². The van der Waals surface area contributed by atoms with Gasteiger partial charge in [-0.05, 0) is 11.1 Å². The van der Waals surface area contributed by atoms with E-state index < -0.39 is 0 Å². The van der Waals surface area contributed by atoms with Crippen LogP contribution in [0.4, 0.5) is 0 Å². The van der Waals surface area contributed by atoms with E-state index in [9.17, 15) is 0 Å². The van der Waals surface area contributed by atoms with Gasteiger partial charge in [0.2, 0.25) is 0 Å². The van der Waals surface area contributed by atoms with Gasteiger partial charge in [-0.1, -0.05) is 66.7 Å². The predicted molar refractivity (Wildman–Crippen MR) is 81.9 cm³/mol. The number of nitrogens with zero attached hydrogens (tertiary/aromatic N) is 1. The summed E-state index contributed by atoms with van der Waals surface area (Å²) in [5.74, 6) is 0.835. The van der Waals surface area contributed by atoms with Gasteiger partial charge in [0, 0.05) is 11.8 Å². The van der Waals surface area contributed by atoms with Crippen molar-refractivity contribution in [2.24, 2.45) is 0 Å². The summed E-state index contributed by atoms with van der Waals surface area (Å²) < 4.78 is 0. The molecule has 2 aromatic carbocycles. The summed E-state index contributed by atoms with van der Waals surface area (Å²) in [6, 6.07) is 23.0. The molecule has 0 amide bonds. The van der Waals surface area contributed by atoms with E-state index in [1.54, 1.807) is 6.08 Å². The molecule has 19 heavy (non-hydrogen) atoms. The second-order valence-corrected chi connectivity index (χ2v) is 5.20. The minimum atomic E-state index is 0.311. The van der Waals surface area contributed by atoms with Gasteiger partial charge < -0.3 is 0 Å². The molecule has 0 bridgehead atoms. The lowest BCUT2D eigenvalue weighted by Crippen LogP contribution is -1.97. The standard InChI is InChI=1S/C17H15NS/c18-13-7-8-14-19-17(15-9-3-1-4-10-15)16-11-5-2-6-12-16/h1-12,17H,14H2/b8-7-. The zero-order valence-corrected chi connectivity index (χ0v) is 11.4. The van der Waals surface area contributed by atoms with E-state index in [0.717, 1.165) is 5.75 Å². The Morgan fingerprint density at radius 1 is 0.947 bits per heavy atom. The number of thioether (sulfide) groups is 1. The van der Waals surface area contributed by atoms with Crippen LogP contribution in [0.25, 0.3) is 0 Å². The van der Waals surface area contributed by atoms with Crippen LogP contribution >= 0.6 is 11.8 Å². The maximum Gasteiger partial charge on any atom is 0.0908 e. The van der Waals surface area contributed by atoms with Crippen molar-refractivity contribution in [3.63, 3.8) is 0 Å². The SMILES string of the molecule is N#C/C=C\CSC(c1ccccc1)c1ccccc1. The third-order valence-electron chi connectivity index (χ3n) is 2.76. The van der Waals surface area contributed by atoms with E-state index in [1.165, 1.54) is 11.1 Å². The lowest BCUT2D eigenvalue weighted by molar-refractivity contribution is 1.16. The van der Waals surface area contributed by atoms with Gasteiger partial charge >= 0.3 is 0 Å². The second kappa shape index (κ2) is 7.45. The molecule has 0 saturated carbocycles. The molecule has 2 heteroatoms. The highest BCUT2D eigenvalue weighted by atomic mass is 32.2. The molecule has 0 aliphatic heterocycles. The number of hydrogen-bond donors (Lipinski definition) is 0. The van der Waals surface area contributed by atoms with Crippen LogP contribution in [0, 0.1) is 11.3 Å². The van der Waals surface area contributed by atoms with Gasteiger partial charge in [-0.15, -0.1) is 11.8 Å². The molecule has 0 saturated heterocycles. The Bertz CT molecular complexity index is 515. The van der Waals surface area contributed by atoms with Crippen LogP contribution in [0.5, 0.6) is 0 Å². The van der Waals surface area contributed by atoms with Crippen molar-refractivity contribution >= 4 is 11.8 Å². The Labute approximate surface area is 118 Å². The summed E-state index contributed by atoms with van der Waals surface area (Å²) in [5.41, 5.74) is 2.59. The summed E-state index contributed by atoms with van der Waals surface area (Å²) >= 11 is 1.83. The molecule has 94 valence electrons. The first-order valence-electron chi connectivity index (χ1n) is 6.18. The molecule has 0 aliphatic carbocycles. The van der Waals surface area contributed by atoms with Gasteiger partial charge in [0.1, 0.15) is 0 Å². The van der Waals surface area contributed by atoms with Gasteiger partial charge in [0.05, 0.1) is 11.3 Å². The highest BCUT2D eigenvalue weighted by molar-refractivity contribution is 7.99. The molecule has 2 aromatic rings. The Hall–Kier alpha value is -1.98. The quantitative estimate of drug-likeness (QED) is 0.738. The van der Waals surface area contributed by atoms with Crippen LogP contribution in [0.15, 0.2) is 72.8 Å². The smallest absolute Gasteiger partial charge is 0.0908 e. The van der Waals surface area contributed by atoms with E-state index in [2.05, 4.69) is 48.5 Å². The van der Waals surface area contributed by atoms with Gasteiger partial charge in [0.25, 0.3) is 0 Å². The van der Waals surface area contributed by atoms with Crippen molar-refractivity contribution < 1.29 is 0 Å². The van der Waals surface area contributed by atoms with Crippen LogP contribution in [0.2, 0.25) is 0 Å². The van der Waals surface area contributed by atoms with E-state index in [-0.39, 0.29) is 0 Å². The first kappa shape index (κ1) is 13.5. The van der Waals surface area contributed by atoms with Gasteiger partial charge in [0.15, 0.2) is 0 Å². The molecule has 0 atom stereocenters. The number of nitriles is 1. The van der Waals surface area contributed by atoms with E-state index >= 15 is 0 Å². The maximum atomic E-state index is 8.52. The molecule has 0 spiro atoms. The molecule has 0 aliphatic rings. The van der Waals surface area contributed by atoms with Crippen LogP contribution < -0.4 is 0 Å². The molecule has 0 N–H and O–H groups in total. The molecule has 0 radical (unpaired) electrons. The molecular formula is C17H15NS. The minimum Gasteiger partial charge on any atom is -0.193 e. The van der Waals surface area contributed by atoms with Crippen LogP contribution in [-0.2, 0) is 0 Å². The van der Waals surface area contributed by atoms with Crippen molar-refractivity contribution in [1.29, 1.82) is 5.26 Å². The monoisotopic (exact) mass is 265 g/mol. The molecule has 2 rings (SSSR count). The van der Waals surface area contributed by atoms with Gasteiger partial charge in [-0.25, -0.2) is 0 Å². The van der Waals surface area contributed by atoms with Crippen molar-refractivity contribution in [3.8, 4) is 6.07 Å². The van der Waals surface area contributed by atoms with Crippen LogP contribution in [-0.4, -0.2) is 5.75 Å². The summed E-state index contributed by atoms with van der Waals surface area (Å²) in [6.45, 7) is 0. The summed E-state index contributed by atoms with van der Waals surface area (Å²) in [6.07, 6.45) is 3.45. The normalized spacial score (nSPS) is 10.7. The van der Waals surface area contributed by atoms with E-state index in [0.29, 0.717) is 5.25 Å². The Balaban J connectivity index is 2.19. The Morgan fingerprint density at radius 2 is 1.47 bits per heavy atom. The number of benzene rings is 2. The van der Waals surface area contributed by atoms with Crippen molar-refractivity contribution in [3.05, 3.63) is 83.9 Å². The molecular weight excluding hydrogens is 250 g/mol. The minimum absolute atomic E-state index is 0.311. The number of allylic oxidation sites excluding steroid dienone is 1. The second-order valence-electron chi connectivity index (χ2n) is 4.07. The topological polar surface area (TPSA) is 23.8 Å². The summed E-state index contributed by atoms with van der Waals surface area (Å²) in [4.78, 5) is 0. The largest absolute Gasteiger partial charge is 0.193 e. The van der Waals surface area contributed by atoms with Gasteiger partial charge in [-0.2, -0.15) is 5.26 Å². The van der Waals surface area contributed by atoms with Crippen molar-refractivity contribution in [1.82, 2.24) is 0 Å². The fourth-order valence-electron chi connectivity index (χ4n) is 1.89. The fourth-order valence-corrected chi connectivity index (χ4v) is 2.99. The zero-order chi connectivity index (χ0) is 13.3. The van der Waals surface area contributed by atoms with Crippen molar-refractivity contribution in [2.75, 3.05) is 5.75 Å². The molecule has 0 heterocycles. The lowest BCUT2D eigenvalue weighted by atomic mass is 10.0. The summed E-state index contributed by atoms with van der Waals surface area (Å²) in [5, 5.41) is 8.83. The maximum absolute atomic E-state index is 8.52.